The molecule has 0 saturated carbocycles. The van der Waals surface area contributed by atoms with E-state index < -0.39 is 0 Å². The van der Waals surface area contributed by atoms with Crippen LogP contribution in [0.3, 0.4) is 0 Å². The lowest BCUT2D eigenvalue weighted by molar-refractivity contribution is 0.670. The second-order valence-corrected chi connectivity index (χ2v) is 16.7. The van der Waals surface area contributed by atoms with Gasteiger partial charge in [-0.2, -0.15) is 0 Å². The fourth-order valence-corrected chi connectivity index (χ4v) is 10.2. The van der Waals surface area contributed by atoms with Crippen LogP contribution in [0.4, 0.5) is 0 Å². The van der Waals surface area contributed by atoms with Crippen LogP contribution < -0.4 is 0 Å². The van der Waals surface area contributed by atoms with Crippen molar-refractivity contribution in [2.45, 2.75) is 0 Å². The summed E-state index contributed by atoms with van der Waals surface area (Å²) in [5.74, 6) is 1.77. The number of hydrogen-bond acceptors (Lipinski definition) is 4. The molecule has 3 heterocycles. The fraction of sp³-hybridized carbons (Fsp3) is 0. The smallest absolute Gasteiger partial charge is 0.167 e. The Morgan fingerprint density at radius 3 is 1.73 bits per heavy atom. The molecule has 11 aromatic carbocycles. The zero-order valence-corrected chi connectivity index (χ0v) is 34.3. The van der Waals surface area contributed by atoms with Gasteiger partial charge in [-0.25, -0.2) is 15.0 Å². The number of hydrogen-bond donors (Lipinski definition) is 0. The summed E-state index contributed by atoms with van der Waals surface area (Å²) in [5, 5.41) is 16.0. The molecule has 296 valence electrons. The van der Waals surface area contributed by atoms with Crippen LogP contribution in [0.2, 0.25) is 0 Å². The first-order chi connectivity index (χ1) is 31.7. The Hall–Kier alpha value is -8.67. The third-order valence-corrected chi connectivity index (χ3v) is 13.2. The molecule has 0 aliphatic carbocycles. The summed E-state index contributed by atoms with van der Waals surface area (Å²) >= 11 is 0. The quantitative estimate of drug-likeness (QED) is 0.166. The Morgan fingerprint density at radius 2 is 0.891 bits per heavy atom. The molecule has 0 spiro atoms. The van der Waals surface area contributed by atoms with Gasteiger partial charge in [0.25, 0.3) is 0 Å². The highest BCUT2D eigenvalue weighted by molar-refractivity contribution is 6.21. The van der Waals surface area contributed by atoms with Gasteiger partial charge in [-0.3, -0.25) is 0 Å². The van der Waals surface area contributed by atoms with Gasteiger partial charge in [0.05, 0.1) is 16.6 Å². The normalized spacial score (nSPS) is 12.1. The number of benzene rings is 11. The van der Waals surface area contributed by atoms with E-state index in [2.05, 4.69) is 211 Å². The molecule has 14 aromatic rings. The first-order valence-corrected chi connectivity index (χ1v) is 21.7. The lowest BCUT2D eigenvalue weighted by Crippen LogP contribution is -2.01. The van der Waals surface area contributed by atoms with Crippen molar-refractivity contribution < 1.29 is 4.42 Å². The van der Waals surface area contributed by atoms with Crippen molar-refractivity contribution in [3.63, 3.8) is 0 Å². The van der Waals surface area contributed by atoms with Crippen LogP contribution >= 0.6 is 0 Å². The van der Waals surface area contributed by atoms with Gasteiger partial charge in [0, 0.05) is 38.4 Å². The number of rotatable bonds is 4. The number of furan rings is 1. The van der Waals surface area contributed by atoms with Gasteiger partial charge >= 0.3 is 0 Å². The lowest BCUT2D eigenvalue weighted by atomic mass is 9.96. The Labute approximate surface area is 366 Å². The summed E-state index contributed by atoms with van der Waals surface area (Å²) in [5.41, 5.74) is 7.70. The maximum absolute atomic E-state index is 6.95. The summed E-state index contributed by atoms with van der Waals surface area (Å²) in [6, 6.07) is 73.3. The van der Waals surface area contributed by atoms with Crippen molar-refractivity contribution in [1.29, 1.82) is 0 Å². The van der Waals surface area contributed by atoms with E-state index in [1.165, 1.54) is 38.0 Å². The summed E-state index contributed by atoms with van der Waals surface area (Å²) in [7, 11) is 0. The van der Waals surface area contributed by atoms with Crippen molar-refractivity contribution in [1.82, 2.24) is 19.5 Å². The third kappa shape index (κ3) is 5.15. The molecule has 0 fully saturated rings. The van der Waals surface area contributed by atoms with E-state index in [1.807, 2.05) is 0 Å². The lowest BCUT2D eigenvalue weighted by Gasteiger charge is -2.13. The summed E-state index contributed by atoms with van der Waals surface area (Å²) in [6.07, 6.45) is 0. The van der Waals surface area contributed by atoms with Crippen LogP contribution in [0.15, 0.2) is 211 Å². The van der Waals surface area contributed by atoms with Crippen molar-refractivity contribution in [2.24, 2.45) is 0 Å². The molecule has 0 bridgehead atoms. The first-order valence-electron chi connectivity index (χ1n) is 21.7. The molecular formula is C59H34N4O. The van der Waals surface area contributed by atoms with E-state index in [0.717, 1.165) is 82.0 Å². The highest BCUT2D eigenvalue weighted by Gasteiger charge is 2.22. The summed E-state index contributed by atoms with van der Waals surface area (Å²) in [4.78, 5) is 16.0. The predicted molar refractivity (Wildman–Crippen MR) is 265 cm³/mol. The van der Waals surface area contributed by atoms with Crippen molar-refractivity contribution in [2.75, 3.05) is 0 Å². The Morgan fingerprint density at radius 1 is 0.312 bits per heavy atom. The third-order valence-electron chi connectivity index (χ3n) is 13.2. The molecule has 0 atom stereocenters. The van der Waals surface area contributed by atoms with Gasteiger partial charge in [0.2, 0.25) is 0 Å². The van der Waals surface area contributed by atoms with Gasteiger partial charge in [0.15, 0.2) is 17.5 Å². The topological polar surface area (TPSA) is 56.7 Å². The highest BCUT2D eigenvalue weighted by atomic mass is 16.3. The van der Waals surface area contributed by atoms with E-state index in [1.54, 1.807) is 0 Å². The maximum Gasteiger partial charge on any atom is 0.167 e. The molecule has 0 amide bonds. The standard InChI is InChI=1S/C59H34N4O/c1-2-15-38-33-53-50(31-37(38)14-1)45-22-9-10-26-52(45)63(53)40-29-27-36-28-30-54-55(49(36)34-40)47-24-12-25-48(56(47)64-54)58-60-57(46-23-11-17-35-13-3-5-18-41(35)46)61-59(62-58)51-32-39-16-4-6-19-42(39)43-20-7-8-21-44(43)51/h1-34H. The van der Waals surface area contributed by atoms with E-state index in [-0.39, 0.29) is 0 Å². The van der Waals surface area contributed by atoms with Crippen LogP contribution in [-0.2, 0) is 0 Å². The molecule has 14 rings (SSSR count). The van der Waals surface area contributed by atoms with E-state index in [9.17, 15) is 0 Å². The molecule has 0 aliphatic heterocycles. The average molecular weight is 815 g/mol. The zero-order chi connectivity index (χ0) is 41.9. The van der Waals surface area contributed by atoms with Gasteiger partial charge in [0.1, 0.15) is 11.2 Å². The van der Waals surface area contributed by atoms with Crippen molar-refractivity contribution in [3.05, 3.63) is 206 Å². The summed E-state index contributed by atoms with van der Waals surface area (Å²) in [6.45, 7) is 0. The molecule has 0 unspecified atom stereocenters. The minimum atomic E-state index is 0.553. The molecule has 0 radical (unpaired) electrons. The van der Waals surface area contributed by atoms with Crippen molar-refractivity contribution >= 4 is 97.6 Å². The van der Waals surface area contributed by atoms with Crippen LogP contribution in [0.25, 0.3) is 137 Å². The van der Waals surface area contributed by atoms with E-state index >= 15 is 0 Å². The fourth-order valence-electron chi connectivity index (χ4n) is 10.2. The monoisotopic (exact) mass is 814 g/mol. The molecule has 0 N–H and O–H groups in total. The van der Waals surface area contributed by atoms with Crippen molar-refractivity contribution in [3.8, 4) is 39.9 Å². The first kappa shape index (κ1) is 35.0. The molecular weight excluding hydrogens is 781 g/mol. The molecule has 5 heteroatoms. The Kier molecular flexibility index (Phi) is 7.33. The summed E-state index contributed by atoms with van der Waals surface area (Å²) < 4.78 is 9.35. The molecule has 5 nitrogen and oxygen atoms in total. The minimum Gasteiger partial charge on any atom is -0.455 e. The number of nitrogens with zero attached hydrogens (tertiary/aromatic N) is 4. The van der Waals surface area contributed by atoms with E-state index in [0.29, 0.717) is 17.5 Å². The number of fused-ring (bicyclic) bond motifs is 13. The Bertz CT molecular complexity index is 4270. The van der Waals surface area contributed by atoms with Crippen LogP contribution in [-0.4, -0.2) is 19.5 Å². The predicted octanol–water partition coefficient (Wildman–Crippen LogP) is 15.6. The number of aromatic nitrogens is 4. The van der Waals surface area contributed by atoms with Crippen LogP contribution in [0.5, 0.6) is 0 Å². The Balaban J connectivity index is 1.02. The van der Waals surface area contributed by atoms with Crippen LogP contribution in [0, 0.1) is 0 Å². The molecule has 64 heavy (non-hydrogen) atoms. The molecule has 3 aromatic heterocycles. The molecule has 0 saturated heterocycles. The maximum atomic E-state index is 6.95. The van der Waals surface area contributed by atoms with Gasteiger partial charge in [-0.1, -0.05) is 158 Å². The second-order valence-electron chi connectivity index (χ2n) is 16.7. The molecule has 0 aliphatic rings. The minimum absolute atomic E-state index is 0.553. The van der Waals surface area contributed by atoms with Crippen LogP contribution in [0.1, 0.15) is 0 Å². The largest absolute Gasteiger partial charge is 0.455 e. The SMILES string of the molecule is c1ccc2cc3c(cc2c1)c1ccccc1n3-c1ccc2ccc3oc4c(-c5nc(-c6cccc7ccccc67)nc(-c6cc7ccccc7c7ccccc67)n5)cccc4c3c2c1. The van der Waals surface area contributed by atoms with Gasteiger partial charge in [-0.05, 0) is 102 Å². The zero-order valence-electron chi connectivity index (χ0n) is 34.3. The number of para-hydroxylation sites is 2. The van der Waals surface area contributed by atoms with Gasteiger partial charge in [-0.15, -0.1) is 0 Å². The van der Waals surface area contributed by atoms with E-state index in [4.69, 9.17) is 19.4 Å². The van der Waals surface area contributed by atoms with Gasteiger partial charge < -0.3 is 8.98 Å². The highest BCUT2D eigenvalue weighted by Crippen LogP contribution is 2.42. The second kappa shape index (κ2) is 13.4. The average Bonchev–Trinajstić information content (AvgIpc) is 3.91.